The number of para-hydroxylation sites is 1. The smallest absolute Gasteiger partial charge is 0.338 e. The van der Waals surface area contributed by atoms with Crippen LogP contribution in [0.3, 0.4) is 0 Å². The molecular weight excluding hydrogens is 298 g/mol. The van der Waals surface area contributed by atoms with Crippen LogP contribution in [0, 0.1) is 0 Å². The summed E-state index contributed by atoms with van der Waals surface area (Å²) in [4.78, 5) is 16.9. The second-order valence-electron chi connectivity index (χ2n) is 4.68. The van der Waals surface area contributed by atoms with Gasteiger partial charge in [0, 0.05) is 11.1 Å². The molecule has 0 aliphatic carbocycles. The zero-order valence-electron chi connectivity index (χ0n) is 12.1. The molecule has 2 aromatic heterocycles. The van der Waals surface area contributed by atoms with Crippen molar-refractivity contribution < 1.29 is 13.9 Å². The summed E-state index contributed by atoms with van der Waals surface area (Å²) in [6.07, 6.45) is 3.56. The first-order valence-corrected chi connectivity index (χ1v) is 8.28. The maximum atomic E-state index is 12.4. The molecule has 0 atom stereocenters. The lowest BCUT2D eigenvalue weighted by Gasteiger charge is -2.08. The number of benzene rings is 1. The molecule has 3 aromatic rings. The van der Waals surface area contributed by atoms with Gasteiger partial charge in [-0.15, -0.1) is 0 Å². The Morgan fingerprint density at radius 3 is 2.91 bits per heavy atom. The SMILES string of the molecule is CSCCOC(=O)c1cc(-c2ccco2)nc2ccccc12. The fourth-order valence-corrected chi connectivity index (χ4v) is 2.44. The molecule has 0 radical (unpaired) electrons. The molecule has 0 fully saturated rings. The van der Waals surface area contributed by atoms with E-state index < -0.39 is 0 Å². The Morgan fingerprint density at radius 1 is 1.27 bits per heavy atom. The molecule has 0 amide bonds. The van der Waals surface area contributed by atoms with Crippen LogP contribution in [0.4, 0.5) is 0 Å². The van der Waals surface area contributed by atoms with Gasteiger partial charge in [0.2, 0.25) is 0 Å². The van der Waals surface area contributed by atoms with Crippen LogP contribution in [0.5, 0.6) is 0 Å². The molecule has 2 heterocycles. The third-order valence-electron chi connectivity index (χ3n) is 3.23. The maximum absolute atomic E-state index is 12.4. The molecule has 0 saturated carbocycles. The highest BCUT2D eigenvalue weighted by Gasteiger charge is 2.15. The molecule has 0 spiro atoms. The highest BCUT2D eigenvalue weighted by molar-refractivity contribution is 7.98. The Bertz CT molecular complexity index is 784. The van der Waals surface area contributed by atoms with Crippen molar-refractivity contribution in [1.82, 2.24) is 4.98 Å². The normalized spacial score (nSPS) is 10.8. The van der Waals surface area contributed by atoms with Crippen LogP contribution in [-0.4, -0.2) is 29.6 Å². The van der Waals surface area contributed by atoms with Gasteiger partial charge >= 0.3 is 5.97 Å². The number of furan rings is 1. The molecule has 5 heteroatoms. The fourth-order valence-electron chi connectivity index (χ4n) is 2.19. The van der Waals surface area contributed by atoms with Crippen LogP contribution in [0.1, 0.15) is 10.4 Å². The van der Waals surface area contributed by atoms with Crippen molar-refractivity contribution in [3.05, 3.63) is 54.3 Å². The summed E-state index contributed by atoms with van der Waals surface area (Å²) < 4.78 is 10.7. The van der Waals surface area contributed by atoms with Crippen LogP contribution in [0.25, 0.3) is 22.4 Å². The Balaban J connectivity index is 2.05. The summed E-state index contributed by atoms with van der Waals surface area (Å²) in [5.41, 5.74) is 1.88. The van der Waals surface area contributed by atoms with Gasteiger partial charge in [-0.2, -0.15) is 11.8 Å². The van der Waals surface area contributed by atoms with Crippen molar-refractivity contribution in [2.24, 2.45) is 0 Å². The summed E-state index contributed by atoms with van der Waals surface area (Å²) in [7, 11) is 0. The average Bonchev–Trinajstić information content (AvgIpc) is 3.08. The van der Waals surface area contributed by atoms with E-state index in [1.807, 2.05) is 36.6 Å². The van der Waals surface area contributed by atoms with Crippen molar-refractivity contribution in [2.75, 3.05) is 18.6 Å². The summed E-state index contributed by atoms with van der Waals surface area (Å²) in [5.74, 6) is 1.07. The molecule has 0 bridgehead atoms. The molecule has 0 N–H and O–H groups in total. The first kappa shape index (κ1) is 14.7. The van der Waals surface area contributed by atoms with Gasteiger partial charge in [-0.05, 0) is 30.5 Å². The van der Waals surface area contributed by atoms with Crippen LogP contribution in [0.15, 0.2) is 53.1 Å². The lowest BCUT2D eigenvalue weighted by Crippen LogP contribution is -2.09. The van der Waals surface area contributed by atoms with E-state index in [4.69, 9.17) is 9.15 Å². The molecule has 0 unspecified atom stereocenters. The van der Waals surface area contributed by atoms with Crippen LogP contribution in [-0.2, 0) is 4.74 Å². The van der Waals surface area contributed by atoms with Gasteiger partial charge in [0.05, 0.1) is 17.3 Å². The van der Waals surface area contributed by atoms with Crippen LogP contribution < -0.4 is 0 Å². The van der Waals surface area contributed by atoms with E-state index in [9.17, 15) is 4.79 Å². The van der Waals surface area contributed by atoms with Gasteiger partial charge < -0.3 is 9.15 Å². The van der Waals surface area contributed by atoms with Gasteiger partial charge in [-0.3, -0.25) is 0 Å². The summed E-state index contributed by atoms with van der Waals surface area (Å²) >= 11 is 1.64. The lowest BCUT2D eigenvalue weighted by atomic mass is 10.1. The number of rotatable bonds is 5. The topological polar surface area (TPSA) is 52.3 Å². The second-order valence-corrected chi connectivity index (χ2v) is 5.66. The van der Waals surface area contributed by atoms with Gasteiger partial charge in [0.25, 0.3) is 0 Å². The molecule has 4 nitrogen and oxygen atoms in total. The number of pyridine rings is 1. The summed E-state index contributed by atoms with van der Waals surface area (Å²) in [6, 6.07) is 12.9. The second kappa shape index (κ2) is 6.66. The molecule has 1 aromatic carbocycles. The molecular formula is C17H15NO3S. The number of nitrogens with zero attached hydrogens (tertiary/aromatic N) is 1. The van der Waals surface area contributed by atoms with Crippen molar-refractivity contribution in [3.8, 4) is 11.5 Å². The first-order valence-electron chi connectivity index (χ1n) is 6.89. The summed E-state index contributed by atoms with van der Waals surface area (Å²) in [6.45, 7) is 0.396. The molecule has 22 heavy (non-hydrogen) atoms. The third-order valence-corrected chi connectivity index (χ3v) is 3.81. The van der Waals surface area contributed by atoms with E-state index >= 15 is 0 Å². The minimum atomic E-state index is -0.333. The number of hydrogen-bond donors (Lipinski definition) is 0. The van der Waals surface area contributed by atoms with Gasteiger partial charge in [-0.25, -0.2) is 9.78 Å². The minimum Gasteiger partial charge on any atom is -0.463 e. The molecule has 112 valence electrons. The number of carbonyl (C=O) groups is 1. The van der Waals surface area contributed by atoms with Crippen molar-refractivity contribution in [2.45, 2.75) is 0 Å². The van der Waals surface area contributed by atoms with E-state index in [0.29, 0.717) is 23.6 Å². The van der Waals surface area contributed by atoms with Gasteiger partial charge in [-0.1, -0.05) is 18.2 Å². The highest BCUT2D eigenvalue weighted by Crippen LogP contribution is 2.25. The summed E-state index contributed by atoms with van der Waals surface area (Å²) in [5, 5.41) is 0.784. The Morgan fingerprint density at radius 2 is 2.14 bits per heavy atom. The van der Waals surface area contributed by atoms with Gasteiger partial charge in [0.1, 0.15) is 12.3 Å². The molecule has 3 rings (SSSR count). The average molecular weight is 313 g/mol. The number of esters is 1. The standard InChI is InChI=1S/C17H15NO3S/c1-22-10-9-21-17(19)13-11-15(16-7-4-8-20-16)18-14-6-3-2-5-12(13)14/h2-8,11H,9-10H2,1H3. The third kappa shape index (κ3) is 2.99. The van der Waals surface area contributed by atoms with Gasteiger partial charge in [0.15, 0.2) is 5.76 Å². The monoisotopic (exact) mass is 313 g/mol. The van der Waals surface area contributed by atoms with Crippen molar-refractivity contribution in [3.63, 3.8) is 0 Å². The maximum Gasteiger partial charge on any atom is 0.338 e. The number of hydrogen-bond acceptors (Lipinski definition) is 5. The Labute approximate surface area is 132 Å². The number of aromatic nitrogens is 1. The van der Waals surface area contributed by atoms with E-state index in [2.05, 4.69) is 4.98 Å². The number of thioether (sulfide) groups is 1. The number of fused-ring (bicyclic) bond motifs is 1. The number of ether oxygens (including phenoxy) is 1. The Hall–Kier alpha value is -2.27. The highest BCUT2D eigenvalue weighted by atomic mass is 32.2. The number of carbonyl (C=O) groups excluding carboxylic acids is 1. The lowest BCUT2D eigenvalue weighted by molar-refractivity contribution is 0.0532. The Kier molecular flexibility index (Phi) is 4.44. The zero-order chi connectivity index (χ0) is 15.4. The van der Waals surface area contributed by atoms with E-state index in [1.165, 1.54) is 0 Å². The van der Waals surface area contributed by atoms with Crippen molar-refractivity contribution >= 4 is 28.6 Å². The van der Waals surface area contributed by atoms with E-state index in [0.717, 1.165) is 16.7 Å². The zero-order valence-corrected chi connectivity index (χ0v) is 12.9. The first-order chi connectivity index (χ1) is 10.8. The predicted octanol–water partition coefficient (Wildman–Crippen LogP) is 4.01. The van der Waals surface area contributed by atoms with Crippen molar-refractivity contribution in [1.29, 1.82) is 0 Å². The predicted molar refractivity (Wildman–Crippen MR) is 88.1 cm³/mol. The van der Waals surface area contributed by atoms with E-state index in [-0.39, 0.29) is 5.97 Å². The quantitative estimate of drug-likeness (QED) is 0.526. The largest absolute Gasteiger partial charge is 0.463 e. The van der Waals surface area contributed by atoms with E-state index in [1.54, 1.807) is 30.2 Å². The molecule has 0 saturated heterocycles. The molecule has 0 aliphatic heterocycles. The minimum absolute atomic E-state index is 0.333. The van der Waals surface area contributed by atoms with Crippen LogP contribution in [0.2, 0.25) is 0 Å². The van der Waals surface area contributed by atoms with Crippen LogP contribution >= 0.6 is 11.8 Å². The fraction of sp³-hybridized carbons (Fsp3) is 0.176. The molecule has 0 aliphatic rings.